The summed E-state index contributed by atoms with van der Waals surface area (Å²) in [7, 11) is 5.17. The lowest BCUT2D eigenvalue weighted by atomic mass is 10.1. The van der Waals surface area contributed by atoms with Crippen molar-refractivity contribution in [3.8, 4) is 11.6 Å². The van der Waals surface area contributed by atoms with Crippen LogP contribution in [0, 0.1) is 5.82 Å². The van der Waals surface area contributed by atoms with Crippen LogP contribution in [0.4, 0.5) is 4.39 Å². The molecule has 28 heavy (non-hydrogen) atoms. The van der Waals surface area contributed by atoms with Crippen LogP contribution in [-0.2, 0) is 13.1 Å². The van der Waals surface area contributed by atoms with Crippen LogP contribution in [0.3, 0.4) is 0 Å². The first-order valence-corrected chi connectivity index (χ1v) is 8.66. The molecule has 0 unspecified atom stereocenters. The topological polar surface area (TPSA) is 69.4 Å². The van der Waals surface area contributed by atoms with E-state index in [-0.39, 0.29) is 12.4 Å². The molecule has 8 heteroatoms. The van der Waals surface area contributed by atoms with E-state index in [4.69, 9.17) is 4.74 Å². The number of methoxy groups -OCH3 is 1. The third kappa shape index (κ3) is 4.01. The van der Waals surface area contributed by atoms with Crippen molar-refractivity contribution in [2.45, 2.75) is 13.1 Å². The average Bonchev–Trinajstić information content (AvgIpc) is 2.67. The minimum atomic E-state index is -0.641. The molecule has 0 saturated carbocycles. The molecule has 2 aromatic carbocycles. The highest BCUT2D eigenvalue weighted by Gasteiger charge is 2.17. The van der Waals surface area contributed by atoms with Crippen LogP contribution < -0.4 is 16.0 Å². The summed E-state index contributed by atoms with van der Waals surface area (Å²) in [6.07, 6.45) is 0. The van der Waals surface area contributed by atoms with Gasteiger partial charge in [-0.15, -0.1) is 5.10 Å². The standard InChI is InChI=1S/C20H21FN4O3/c1-23(2)13-15-6-4-5-7-17(15)25-20(27)24(19(26)18(22-25)28-3)12-14-8-10-16(21)11-9-14/h4-11H,12-13H2,1-3H3. The molecule has 0 radical (unpaired) electrons. The molecule has 0 fully saturated rings. The number of para-hydroxylation sites is 1. The van der Waals surface area contributed by atoms with Gasteiger partial charge in [-0.25, -0.2) is 13.8 Å². The first kappa shape index (κ1) is 19.5. The van der Waals surface area contributed by atoms with E-state index in [9.17, 15) is 14.0 Å². The summed E-state index contributed by atoms with van der Waals surface area (Å²) in [6.45, 7) is 0.566. The third-order valence-electron chi connectivity index (χ3n) is 4.18. The van der Waals surface area contributed by atoms with Crippen molar-refractivity contribution in [1.29, 1.82) is 0 Å². The Morgan fingerprint density at radius 2 is 1.75 bits per heavy atom. The maximum absolute atomic E-state index is 13.2. The molecule has 0 aliphatic rings. The lowest BCUT2D eigenvalue weighted by molar-refractivity contribution is 0.366. The molecule has 0 amide bonds. The molecule has 7 nitrogen and oxygen atoms in total. The number of benzene rings is 2. The fourth-order valence-corrected chi connectivity index (χ4v) is 2.88. The van der Waals surface area contributed by atoms with Crippen molar-refractivity contribution in [2.24, 2.45) is 0 Å². The van der Waals surface area contributed by atoms with Crippen molar-refractivity contribution >= 4 is 0 Å². The summed E-state index contributed by atoms with van der Waals surface area (Å²) < 4.78 is 20.5. The van der Waals surface area contributed by atoms with Crippen molar-refractivity contribution in [3.05, 3.63) is 86.3 Å². The van der Waals surface area contributed by atoms with Crippen molar-refractivity contribution in [1.82, 2.24) is 19.2 Å². The van der Waals surface area contributed by atoms with Gasteiger partial charge in [-0.2, -0.15) is 4.68 Å². The lowest BCUT2D eigenvalue weighted by Gasteiger charge is -2.16. The van der Waals surface area contributed by atoms with Gasteiger partial charge in [0.05, 0.1) is 19.3 Å². The van der Waals surface area contributed by atoms with Gasteiger partial charge in [-0.1, -0.05) is 30.3 Å². The first-order valence-electron chi connectivity index (χ1n) is 8.66. The van der Waals surface area contributed by atoms with Crippen LogP contribution in [0.15, 0.2) is 58.1 Å². The Hall–Kier alpha value is -3.26. The largest absolute Gasteiger partial charge is 0.476 e. The van der Waals surface area contributed by atoms with Gasteiger partial charge in [0, 0.05) is 6.54 Å². The number of aromatic nitrogens is 3. The second kappa shape index (κ2) is 8.18. The Morgan fingerprint density at radius 3 is 2.39 bits per heavy atom. The van der Waals surface area contributed by atoms with Gasteiger partial charge in [0.25, 0.3) is 5.88 Å². The highest BCUT2D eigenvalue weighted by molar-refractivity contribution is 5.40. The number of nitrogens with zero attached hydrogens (tertiary/aromatic N) is 4. The van der Waals surface area contributed by atoms with Gasteiger partial charge in [-0.05, 0) is 43.4 Å². The summed E-state index contributed by atoms with van der Waals surface area (Å²) in [4.78, 5) is 27.7. The lowest BCUT2D eigenvalue weighted by Crippen LogP contribution is -2.41. The highest BCUT2D eigenvalue weighted by Crippen LogP contribution is 2.14. The maximum Gasteiger partial charge on any atom is 0.352 e. The minimum absolute atomic E-state index is 0.0212. The zero-order chi connectivity index (χ0) is 20.3. The molecule has 3 rings (SSSR count). The van der Waals surface area contributed by atoms with Crippen LogP contribution in [0.5, 0.6) is 5.88 Å². The van der Waals surface area contributed by atoms with Crippen molar-refractivity contribution in [3.63, 3.8) is 0 Å². The van der Waals surface area contributed by atoms with Crippen molar-refractivity contribution in [2.75, 3.05) is 21.2 Å². The molecule has 1 aromatic heterocycles. The predicted octanol–water partition coefficient (Wildman–Crippen LogP) is 1.65. The number of ether oxygens (including phenoxy) is 1. The molecule has 0 bridgehead atoms. The van der Waals surface area contributed by atoms with Gasteiger partial charge < -0.3 is 9.64 Å². The van der Waals surface area contributed by atoms with E-state index >= 15 is 0 Å². The van der Waals surface area contributed by atoms with Crippen LogP contribution in [0.1, 0.15) is 11.1 Å². The fourth-order valence-electron chi connectivity index (χ4n) is 2.88. The Labute approximate surface area is 161 Å². The molecule has 0 saturated heterocycles. The molecule has 146 valence electrons. The molecule has 3 aromatic rings. The molecule has 1 heterocycles. The van der Waals surface area contributed by atoms with Gasteiger partial charge in [0.1, 0.15) is 5.82 Å². The Morgan fingerprint density at radius 1 is 1.07 bits per heavy atom. The van der Waals surface area contributed by atoms with Crippen LogP contribution >= 0.6 is 0 Å². The third-order valence-corrected chi connectivity index (χ3v) is 4.18. The van der Waals surface area contributed by atoms with E-state index in [1.807, 2.05) is 31.1 Å². The Balaban J connectivity index is 2.18. The highest BCUT2D eigenvalue weighted by atomic mass is 19.1. The predicted molar refractivity (Wildman–Crippen MR) is 104 cm³/mol. The van der Waals surface area contributed by atoms with E-state index in [2.05, 4.69) is 5.10 Å². The second-order valence-electron chi connectivity index (χ2n) is 6.59. The Bertz CT molecular complexity index is 1090. The number of halogens is 1. The molecular formula is C20H21FN4O3. The summed E-state index contributed by atoms with van der Waals surface area (Å²) in [5, 5.41) is 4.11. The first-order chi connectivity index (χ1) is 13.4. The van der Waals surface area contributed by atoms with E-state index in [1.54, 1.807) is 12.1 Å². The molecule has 0 aliphatic carbocycles. The van der Waals surface area contributed by atoms with Crippen molar-refractivity contribution < 1.29 is 9.13 Å². The van der Waals surface area contributed by atoms with Gasteiger partial charge in [0.2, 0.25) is 0 Å². The number of rotatable bonds is 6. The quantitative estimate of drug-likeness (QED) is 0.646. The SMILES string of the molecule is COc1nn(-c2ccccc2CN(C)C)c(=O)n(Cc2ccc(F)cc2)c1=O. The zero-order valence-electron chi connectivity index (χ0n) is 15.9. The summed E-state index contributed by atoms with van der Waals surface area (Å²) >= 11 is 0. The van der Waals surface area contributed by atoms with Gasteiger partial charge in [-0.3, -0.25) is 4.79 Å². The second-order valence-corrected chi connectivity index (χ2v) is 6.59. The fraction of sp³-hybridized carbons (Fsp3) is 0.250. The normalized spacial score (nSPS) is 11.0. The molecular weight excluding hydrogens is 363 g/mol. The summed E-state index contributed by atoms with van der Waals surface area (Å²) in [5.41, 5.74) is 0.810. The monoisotopic (exact) mass is 384 g/mol. The Kier molecular flexibility index (Phi) is 5.70. The van der Waals surface area contributed by atoms with E-state index in [0.29, 0.717) is 17.8 Å². The summed E-state index contributed by atoms with van der Waals surface area (Å²) in [6, 6.07) is 12.9. The van der Waals surface area contributed by atoms with Gasteiger partial charge in [0.15, 0.2) is 0 Å². The number of hydrogen-bond acceptors (Lipinski definition) is 5. The number of hydrogen-bond donors (Lipinski definition) is 0. The zero-order valence-corrected chi connectivity index (χ0v) is 15.9. The van der Waals surface area contributed by atoms with E-state index in [0.717, 1.165) is 10.1 Å². The van der Waals surface area contributed by atoms with Crippen LogP contribution in [-0.4, -0.2) is 40.5 Å². The van der Waals surface area contributed by atoms with E-state index < -0.39 is 17.1 Å². The minimum Gasteiger partial charge on any atom is -0.476 e. The smallest absolute Gasteiger partial charge is 0.352 e. The molecule has 0 N–H and O–H groups in total. The van der Waals surface area contributed by atoms with E-state index in [1.165, 1.54) is 36.1 Å². The molecule has 0 atom stereocenters. The average molecular weight is 384 g/mol. The van der Waals surface area contributed by atoms with Gasteiger partial charge >= 0.3 is 11.2 Å². The maximum atomic E-state index is 13.2. The summed E-state index contributed by atoms with van der Waals surface area (Å²) in [5.74, 6) is -0.584. The van der Waals surface area contributed by atoms with Crippen LogP contribution in [0.25, 0.3) is 5.69 Å². The van der Waals surface area contributed by atoms with Crippen LogP contribution in [0.2, 0.25) is 0 Å². The molecule has 0 spiro atoms. The molecule has 0 aliphatic heterocycles.